The molecule has 0 bridgehead atoms. The number of halogens is 1. The lowest BCUT2D eigenvalue weighted by atomic mass is 10.2. The molecular formula is C11H17BrN4O2S. The zero-order valence-electron chi connectivity index (χ0n) is 10.6. The molecule has 1 unspecified atom stereocenters. The fourth-order valence-corrected chi connectivity index (χ4v) is 4.77. The first-order valence-electron chi connectivity index (χ1n) is 6.14. The van der Waals surface area contributed by atoms with Crippen molar-refractivity contribution in [3.05, 3.63) is 16.7 Å². The van der Waals surface area contributed by atoms with Crippen LogP contribution in [0.5, 0.6) is 0 Å². The Morgan fingerprint density at radius 2 is 2.37 bits per heavy atom. The summed E-state index contributed by atoms with van der Waals surface area (Å²) in [5.41, 5.74) is 2.35. The third-order valence-electron chi connectivity index (χ3n) is 3.34. The summed E-state index contributed by atoms with van der Waals surface area (Å²) >= 11 is 3.24. The highest BCUT2D eigenvalue weighted by atomic mass is 79.9. The molecule has 6 nitrogen and oxygen atoms in total. The summed E-state index contributed by atoms with van der Waals surface area (Å²) in [5, 5.41) is 0. The molecule has 2 rings (SSSR count). The molecule has 1 saturated heterocycles. The highest BCUT2D eigenvalue weighted by Crippen LogP contribution is 2.31. The Bertz CT molecular complexity index is 564. The Kier molecular flexibility index (Phi) is 4.44. The molecule has 1 fully saturated rings. The Hall–Kier alpha value is -0.700. The van der Waals surface area contributed by atoms with Gasteiger partial charge in [-0.2, -0.15) is 4.31 Å². The summed E-state index contributed by atoms with van der Waals surface area (Å²) in [6.07, 6.45) is 4.12. The first kappa shape index (κ1) is 14.7. The molecule has 0 radical (unpaired) electrons. The van der Waals surface area contributed by atoms with Crippen molar-refractivity contribution in [2.45, 2.75) is 37.1 Å². The number of rotatable bonds is 4. The van der Waals surface area contributed by atoms with Crippen LogP contribution in [0.2, 0.25) is 0 Å². The predicted octanol–water partition coefficient (Wildman–Crippen LogP) is 1.69. The number of aromatic nitrogens is 1. The predicted molar refractivity (Wildman–Crippen MR) is 77.0 cm³/mol. The van der Waals surface area contributed by atoms with Gasteiger partial charge < -0.3 is 5.43 Å². The standard InChI is InChI=1S/C11H17BrN4O2S/c1-2-9-4-3-5-16(9)19(17,18)10-6-8(12)7-14-11(10)15-13/h6-7,9H,2-5,13H2,1H3,(H,14,15). The van der Waals surface area contributed by atoms with Gasteiger partial charge in [0.1, 0.15) is 4.90 Å². The summed E-state index contributed by atoms with van der Waals surface area (Å²) in [6.45, 7) is 2.55. The Balaban J connectivity index is 2.47. The number of nitrogens with two attached hydrogens (primary N) is 1. The van der Waals surface area contributed by atoms with Crippen LogP contribution in [-0.4, -0.2) is 30.3 Å². The SMILES string of the molecule is CCC1CCCN1S(=O)(=O)c1cc(Br)cnc1NN. The number of hydrogen-bond donors (Lipinski definition) is 2. The maximum Gasteiger partial charge on any atom is 0.247 e. The molecule has 3 N–H and O–H groups in total. The first-order chi connectivity index (χ1) is 9.00. The summed E-state index contributed by atoms with van der Waals surface area (Å²) in [4.78, 5) is 4.11. The lowest BCUT2D eigenvalue weighted by Crippen LogP contribution is -2.35. The zero-order valence-corrected chi connectivity index (χ0v) is 13.0. The van der Waals surface area contributed by atoms with E-state index in [-0.39, 0.29) is 16.8 Å². The maximum atomic E-state index is 12.7. The van der Waals surface area contributed by atoms with Gasteiger partial charge in [-0.05, 0) is 41.3 Å². The van der Waals surface area contributed by atoms with Crippen LogP contribution in [0.1, 0.15) is 26.2 Å². The number of sulfonamides is 1. The first-order valence-corrected chi connectivity index (χ1v) is 8.38. The van der Waals surface area contributed by atoms with Crippen LogP contribution in [0, 0.1) is 0 Å². The number of anilines is 1. The molecule has 1 aliphatic rings. The highest BCUT2D eigenvalue weighted by molar-refractivity contribution is 9.10. The van der Waals surface area contributed by atoms with Gasteiger partial charge in [0, 0.05) is 23.3 Å². The van der Waals surface area contributed by atoms with E-state index in [0.717, 1.165) is 19.3 Å². The molecule has 106 valence electrons. The Morgan fingerprint density at radius 3 is 3.00 bits per heavy atom. The van der Waals surface area contributed by atoms with Crippen LogP contribution in [0.4, 0.5) is 5.82 Å². The van der Waals surface area contributed by atoms with E-state index < -0.39 is 10.0 Å². The van der Waals surface area contributed by atoms with Crippen molar-refractivity contribution in [2.24, 2.45) is 5.84 Å². The number of nitrogens with zero attached hydrogens (tertiary/aromatic N) is 2. The molecule has 1 atom stereocenters. The van der Waals surface area contributed by atoms with Crippen molar-refractivity contribution in [1.82, 2.24) is 9.29 Å². The molecule has 1 aromatic heterocycles. The van der Waals surface area contributed by atoms with Gasteiger partial charge in [0.2, 0.25) is 10.0 Å². The van der Waals surface area contributed by atoms with Gasteiger partial charge in [0.25, 0.3) is 0 Å². The molecule has 2 heterocycles. The lowest BCUT2D eigenvalue weighted by molar-refractivity contribution is 0.379. The number of hydrazine groups is 1. The van der Waals surface area contributed by atoms with Crippen molar-refractivity contribution in [3.8, 4) is 0 Å². The van der Waals surface area contributed by atoms with Crippen molar-refractivity contribution in [1.29, 1.82) is 0 Å². The molecule has 8 heteroatoms. The monoisotopic (exact) mass is 348 g/mol. The van der Waals surface area contributed by atoms with E-state index in [1.165, 1.54) is 12.3 Å². The highest BCUT2D eigenvalue weighted by Gasteiger charge is 2.35. The lowest BCUT2D eigenvalue weighted by Gasteiger charge is -2.23. The summed E-state index contributed by atoms with van der Waals surface area (Å²) in [6, 6.07) is 1.59. The van der Waals surface area contributed by atoms with E-state index >= 15 is 0 Å². The average Bonchev–Trinajstić information content (AvgIpc) is 2.87. The van der Waals surface area contributed by atoms with E-state index in [9.17, 15) is 8.42 Å². The summed E-state index contributed by atoms with van der Waals surface area (Å²) < 4.78 is 27.6. The molecule has 1 aliphatic heterocycles. The van der Waals surface area contributed by atoms with Crippen LogP contribution >= 0.6 is 15.9 Å². The maximum absolute atomic E-state index is 12.7. The van der Waals surface area contributed by atoms with E-state index in [1.54, 1.807) is 4.31 Å². The van der Waals surface area contributed by atoms with Crippen LogP contribution in [-0.2, 0) is 10.0 Å². The topological polar surface area (TPSA) is 88.3 Å². The second-order valence-corrected chi connectivity index (χ2v) is 7.24. The zero-order chi connectivity index (χ0) is 14.0. The second kappa shape index (κ2) is 5.74. The van der Waals surface area contributed by atoms with Gasteiger partial charge in [-0.3, -0.25) is 0 Å². The normalized spacial score (nSPS) is 20.7. The molecule has 0 saturated carbocycles. The van der Waals surface area contributed by atoms with Gasteiger partial charge in [0.15, 0.2) is 5.82 Å². The molecule has 0 aliphatic carbocycles. The van der Waals surface area contributed by atoms with E-state index in [2.05, 4.69) is 26.3 Å². The van der Waals surface area contributed by atoms with E-state index in [4.69, 9.17) is 5.84 Å². The van der Waals surface area contributed by atoms with Gasteiger partial charge in [0.05, 0.1) is 0 Å². The third-order valence-corrected chi connectivity index (χ3v) is 5.74. The smallest absolute Gasteiger partial charge is 0.247 e. The Labute approximate surface area is 121 Å². The fourth-order valence-electron chi connectivity index (χ4n) is 2.39. The van der Waals surface area contributed by atoms with Crippen LogP contribution in [0.3, 0.4) is 0 Å². The molecule has 19 heavy (non-hydrogen) atoms. The minimum absolute atomic E-state index is 0.0645. The minimum Gasteiger partial charge on any atom is -0.307 e. The van der Waals surface area contributed by atoms with E-state index in [1.807, 2.05) is 6.92 Å². The van der Waals surface area contributed by atoms with Crippen molar-refractivity contribution in [2.75, 3.05) is 12.0 Å². The molecule has 0 spiro atoms. The second-order valence-electron chi connectivity index (χ2n) is 4.46. The molecule has 1 aromatic rings. The molecule has 0 amide bonds. The van der Waals surface area contributed by atoms with Crippen molar-refractivity contribution in [3.63, 3.8) is 0 Å². The quantitative estimate of drug-likeness (QED) is 0.638. The van der Waals surface area contributed by atoms with Crippen LogP contribution in [0.25, 0.3) is 0 Å². The fraction of sp³-hybridized carbons (Fsp3) is 0.545. The van der Waals surface area contributed by atoms with Gasteiger partial charge in [-0.25, -0.2) is 19.2 Å². The Morgan fingerprint density at radius 1 is 1.63 bits per heavy atom. The van der Waals surface area contributed by atoms with Gasteiger partial charge >= 0.3 is 0 Å². The average molecular weight is 349 g/mol. The molecular weight excluding hydrogens is 332 g/mol. The third kappa shape index (κ3) is 2.76. The number of nitrogens with one attached hydrogen (secondary N) is 1. The number of nitrogen functional groups attached to an aromatic ring is 1. The van der Waals surface area contributed by atoms with E-state index in [0.29, 0.717) is 11.0 Å². The molecule has 0 aromatic carbocycles. The number of hydrogen-bond acceptors (Lipinski definition) is 5. The van der Waals surface area contributed by atoms with Crippen molar-refractivity contribution >= 4 is 31.8 Å². The van der Waals surface area contributed by atoms with Gasteiger partial charge in [-0.1, -0.05) is 6.92 Å². The van der Waals surface area contributed by atoms with Crippen LogP contribution in [0.15, 0.2) is 21.6 Å². The summed E-state index contributed by atoms with van der Waals surface area (Å²) in [7, 11) is -3.57. The van der Waals surface area contributed by atoms with Crippen molar-refractivity contribution < 1.29 is 8.42 Å². The largest absolute Gasteiger partial charge is 0.307 e. The summed E-state index contributed by atoms with van der Waals surface area (Å²) in [5.74, 6) is 5.52. The van der Waals surface area contributed by atoms with Gasteiger partial charge in [-0.15, -0.1) is 0 Å². The number of pyridine rings is 1. The van der Waals surface area contributed by atoms with Crippen LogP contribution < -0.4 is 11.3 Å². The minimum atomic E-state index is -3.57.